The first-order chi connectivity index (χ1) is 13.7. The molecule has 1 N–H and O–H groups in total. The van der Waals surface area contributed by atoms with Crippen LogP contribution >= 0.6 is 27.5 Å². The number of rotatable bonds is 9. The highest BCUT2D eigenvalue weighted by Crippen LogP contribution is 2.37. The lowest BCUT2D eigenvalue weighted by atomic mass is 9.97. The van der Waals surface area contributed by atoms with Crippen molar-refractivity contribution in [1.29, 1.82) is 0 Å². The lowest BCUT2D eigenvalue weighted by Crippen LogP contribution is -2.16. The highest BCUT2D eigenvalue weighted by Gasteiger charge is 2.12. The molecule has 0 unspecified atom stereocenters. The highest BCUT2D eigenvalue weighted by atomic mass is 79.9. The monoisotopic (exact) mass is 463 g/mol. The molecule has 28 heavy (non-hydrogen) atoms. The molecule has 0 aromatic heterocycles. The first-order valence-corrected chi connectivity index (χ1v) is 10.9. The Kier molecular flexibility index (Phi) is 8.26. The molecule has 1 aliphatic rings. The molecule has 0 atom stereocenters. The zero-order valence-electron chi connectivity index (χ0n) is 16.3. The van der Waals surface area contributed by atoms with Crippen LogP contribution < -0.4 is 14.8 Å². The second-order valence-corrected chi connectivity index (χ2v) is 8.35. The number of hydrogen-bond acceptors (Lipinski definition) is 3. The Morgan fingerprint density at radius 1 is 1.11 bits per heavy atom. The molecule has 0 saturated carbocycles. The van der Waals surface area contributed by atoms with Gasteiger partial charge < -0.3 is 14.8 Å². The molecule has 5 heteroatoms. The Hall–Kier alpha value is -1.49. The molecule has 0 spiro atoms. The first-order valence-electron chi connectivity index (χ1n) is 9.78. The standard InChI is InChI=1S/C23H27BrClNO2/c1-27-22-14-19(15-26-12-11-17-5-3-2-4-6-17)13-21(24)23(22)28-16-18-7-9-20(25)10-8-18/h5,7-10,13-14,26H,2-4,6,11-12,15-16H2,1H3. The van der Waals surface area contributed by atoms with Gasteiger partial charge in [-0.15, -0.1) is 0 Å². The number of benzene rings is 2. The largest absolute Gasteiger partial charge is 0.493 e. The third kappa shape index (κ3) is 6.26. The van der Waals surface area contributed by atoms with Crippen LogP contribution in [0.4, 0.5) is 0 Å². The van der Waals surface area contributed by atoms with Gasteiger partial charge in [0.15, 0.2) is 11.5 Å². The van der Waals surface area contributed by atoms with Gasteiger partial charge in [0.2, 0.25) is 0 Å². The van der Waals surface area contributed by atoms with Gasteiger partial charge in [0.25, 0.3) is 0 Å². The Morgan fingerprint density at radius 3 is 2.64 bits per heavy atom. The summed E-state index contributed by atoms with van der Waals surface area (Å²) in [5.74, 6) is 1.45. The summed E-state index contributed by atoms with van der Waals surface area (Å²) in [6.45, 7) is 2.26. The van der Waals surface area contributed by atoms with Gasteiger partial charge in [-0.05, 0) is 90.0 Å². The summed E-state index contributed by atoms with van der Waals surface area (Å²) in [6.07, 6.45) is 8.75. The van der Waals surface area contributed by atoms with Gasteiger partial charge in [-0.2, -0.15) is 0 Å². The summed E-state index contributed by atoms with van der Waals surface area (Å²) in [7, 11) is 1.67. The fraction of sp³-hybridized carbons (Fsp3) is 0.391. The van der Waals surface area contributed by atoms with Crippen molar-refractivity contribution in [3.8, 4) is 11.5 Å². The fourth-order valence-electron chi connectivity index (χ4n) is 3.36. The maximum Gasteiger partial charge on any atom is 0.175 e. The van der Waals surface area contributed by atoms with Crippen LogP contribution in [0.15, 0.2) is 52.5 Å². The van der Waals surface area contributed by atoms with E-state index in [4.69, 9.17) is 21.1 Å². The summed E-state index contributed by atoms with van der Waals surface area (Å²) in [5.41, 5.74) is 3.82. The molecular formula is C23H27BrClNO2. The lowest BCUT2D eigenvalue weighted by molar-refractivity contribution is 0.282. The van der Waals surface area contributed by atoms with Crippen LogP contribution in [0.2, 0.25) is 5.02 Å². The molecule has 0 saturated heterocycles. The molecule has 3 nitrogen and oxygen atoms in total. The number of hydrogen-bond donors (Lipinski definition) is 1. The van der Waals surface area contributed by atoms with Gasteiger partial charge in [0.05, 0.1) is 11.6 Å². The van der Waals surface area contributed by atoms with E-state index >= 15 is 0 Å². The minimum atomic E-state index is 0.457. The van der Waals surface area contributed by atoms with Crippen molar-refractivity contribution in [1.82, 2.24) is 5.32 Å². The van der Waals surface area contributed by atoms with Crippen molar-refractivity contribution >= 4 is 27.5 Å². The minimum absolute atomic E-state index is 0.457. The Bertz CT molecular complexity index is 805. The predicted molar refractivity (Wildman–Crippen MR) is 119 cm³/mol. The summed E-state index contributed by atoms with van der Waals surface area (Å²) >= 11 is 9.57. The van der Waals surface area contributed by atoms with Crippen LogP contribution in [0.25, 0.3) is 0 Å². The van der Waals surface area contributed by atoms with Crippen LogP contribution in [0, 0.1) is 0 Å². The maximum atomic E-state index is 6.00. The van der Waals surface area contributed by atoms with E-state index in [0.717, 1.165) is 40.3 Å². The summed E-state index contributed by atoms with van der Waals surface area (Å²) in [6, 6.07) is 11.8. The quantitative estimate of drug-likeness (QED) is 0.332. The van der Waals surface area contributed by atoms with E-state index in [1.165, 1.54) is 31.2 Å². The Balaban J connectivity index is 1.55. The molecule has 0 fully saturated rings. The van der Waals surface area contributed by atoms with E-state index < -0.39 is 0 Å². The average molecular weight is 465 g/mol. The van der Waals surface area contributed by atoms with E-state index in [1.54, 1.807) is 12.7 Å². The molecule has 3 rings (SSSR count). The van der Waals surface area contributed by atoms with Gasteiger partial charge in [0.1, 0.15) is 6.61 Å². The van der Waals surface area contributed by atoms with E-state index in [1.807, 2.05) is 30.3 Å². The van der Waals surface area contributed by atoms with Crippen molar-refractivity contribution in [2.45, 2.75) is 45.3 Å². The number of ether oxygens (including phenoxy) is 2. The van der Waals surface area contributed by atoms with Crippen LogP contribution in [0.3, 0.4) is 0 Å². The second kappa shape index (κ2) is 10.9. The van der Waals surface area contributed by atoms with Crippen molar-refractivity contribution in [2.24, 2.45) is 0 Å². The SMILES string of the molecule is COc1cc(CNCCC2=CCCCC2)cc(Br)c1OCc1ccc(Cl)cc1. The highest BCUT2D eigenvalue weighted by molar-refractivity contribution is 9.10. The van der Waals surface area contributed by atoms with Crippen molar-refractivity contribution in [3.63, 3.8) is 0 Å². The first kappa shape index (κ1) is 21.2. The number of halogens is 2. The van der Waals surface area contributed by atoms with Crippen LogP contribution in [0.1, 0.15) is 43.2 Å². The van der Waals surface area contributed by atoms with Crippen molar-refractivity contribution in [2.75, 3.05) is 13.7 Å². The lowest BCUT2D eigenvalue weighted by Gasteiger charge is -2.16. The van der Waals surface area contributed by atoms with E-state index in [2.05, 4.69) is 33.4 Å². The number of allylic oxidation sites excluding steroid dienone is 1. The predicted octanol–water partition coefficient (Wildman–Crippen LogP) is 6.67. The average Bonchev–Trinajstić information content (AvgIpc) is 2.72. The zero-order chi connectivity index (χ0) is 19.8. The third-order valence-electron chi connectivity index (χ3n) is 4.92. The smallest absolute Gasteiger partial charge is 0.175 e. The molecule has 0 bridgehead atoms. The van der Waals surface area contributed by atoms with Crippen molar-refractivity contribution in [3.05, 3.63) is 68.7 Å². The van der Waals surface area contributed by atoms with Crippen molar-refractivity contribution < 1.29 is 9.47 Å². The summed E-state index contributed by atoms with van der Waals surface area (Å²) in [5, 5.41) is 4.26. The molecule has 0 radical (unpaired) electrons. The molecule has 2 aromatic rings. The van der Waals surface area contributed by atoms with Gasteiger partial charge >= 0.3 is 0 Å². The van der Waals surface area contributed by atoms with Gasteiger partial charge in [0, 0.05) is 11.6 Å². The van der Waals surface area contributed by atoms with E-state index in [0.29, 0.717) is 12.4 Å². The van der Waals surface area contributed by atoms with E-state index in [-0.39, 0.29) is 0 Å². The topological polar surface area (TPSA) is 30.5 Å². The number of methoxy groups -OCH3 is 1. The molecular weight excluding hydrogens is 438 g/mol. The Morgan fingerprint density at radius 2 is 1.93 bits per heavy atom. The van der Waals surface area contributed by atoms with Crippen LogP contribution in [0.5, 0.6) is 11.5 Å². The molecule has 0 amide bonds. The molecule has 1 aliphatic carbocycles. The van der Waals surface area contributed by atoms with Crippen LogP contribution in [-0.4, -0.2) is 13.7 Å². The molecule has 150 valence electrons. The molecule has 0 heterocycles. The molecule has 0 aliphatic heterocycles. The van der Waals surface area contributed by atoms with E-state index in [9.17, 15) is 0 Å². The zero-order valence-corrected chi connectivity index (χ0v) is 18.6. The normalized spacial score (nSPS) is 13.9. The fourth-order valence-corrected chi connectivity index (χ4v) is 4.09. The third-order valence-corrected chi connectivity index (χ3v) is 5.76. The summed E-state index contributed by atoms with van der Waals surface area (Å²) < 4.78 is 12.5. The minimum Gasteiger partial charge on any atom is -0.493 e. The second-order valence-electron chi connectivity index (χ2n) is 7.06. The van der Waals surface area contributed by atoms with Gasteiger partial charge in [-0.3, -0.25) is 0 Å². The van der Waals surface area contributed by atoms with Gasteiger partial charge in [-0.25, -0.2) is 0 Å². The van der Waals surface area contributed by atoms with Gasteiger partial charge in [-0.1, -0.05) is 35.4 Å². The maximum absolute atomic E-state index is 6.00. The molecule has 2 aromatic carbocycles. The Labute approximate surface area is 181 Å². The summed E-state index contributed by atoms with van der Waals surface area (Å²) in [4.78, 5) is 0. The van der Waals surface area contributed by atoms with Crippen LogP contribution in [-0.2, 0) is 13.2 Å². The number of nitrogens with one attached hydrogen (secondary N) is 1.